The molecule has 3 aromatic rings. The molecule has 1 atom stereocenters. The van der Waals surface area contributed by atoms with Gasteiger partial charge in [-0.15, -0.1) is 0 Å². The van der Waals surface area contributed by atoms with E-state index in [-0.39, 0.29) is 18.2 Å². The molecule has 2 heterocycles. The number of para-hydroxylation sites is 1. The summed E-state index contributed by atoms with van der Waals surface area (Å²) in [6.07, 6.45) is 1.76. The third kappa shape index (κ3) is 3.21. The van der Waals surface area contributed by atoms with Gasteiger partial charge in [0.05, 0.1) is 12.6 Å². The van der Waals surface area contributed by atoms with Crippen molar-refractivity contribution >= 4 is 23.3 Å². The number of hydrogen-bond donors (Lipinski definition) is 2. The van der Waals surface area contributed by atoms with E-state index in [0.29, 0.717) is 5.82 Å². The van der Waals surface area contributed by atoms with E-state index in [1.165, 1.54) is 0 Å². The second kappa shape index (κ2) is 6.72. The third-order valence-electron chi connectivity index (χ3n) is 4.80. The number of aryl methyl sites for hydroxylation is 2. The molecule has 2 aromatic carbocycles. The van der Waals surface area contributed by atoms with Crippen LogP contribution in [0.3, 0.4) is 0 Å². The highest BCUT2D eigenvalue weighted by Crippen LogP contribution is 2.35. The van der Waals surface area contributed by atoms with Crippen LogP contribution in [0.4, 0.5) is 11.5 Å². The SMILES string of the molecule is Cc1ccc(-c2cnn3c2NC(=O)C3CC(=O)Nc2ccccc2C)cc1. The van der Waals surface area contributed by atoms with Gasteiger partial charge in [0.15, 0.2) is 0 Å². The minimum absolute atomic E-state index is 0.0299. The molecule has 136 valence electrons. The number of aromatic nitrogens is 2. The minimum Gasteiger partial charge on any atom is -0.326 e. The van der Waals surface area contributed by atoms with Crippen molar-refractivity contribution in [3.05, 3.63) is 65.9 Å². The van der Waals surface area contributed by atoms with E-state index in [0.717, 1.165) is 27.9 Å². The summed E-state index contributed by atoms with van der Waals surface area (Å²) in [4.78, 5) is 24.9. The van der Waals surface area contributed by atoms with E-state index in [1.807, 2.05) is 62.4 Å². The fraction of sp³-hybridized carbons (Fsp3) is 0.190. The molecule has 27 heavy (non-hydrogen) atoms. The lowest BCUT2D eigenvalue weighted by Crippen LogP contribution is -2.23. The standard InChI is InChI=1S/C21H20N4O2/c1-13-7-9-15(10-8-13)16-12-22-25-18(21(27)24-20(16)25)11-19(26)23-17-6-4-3-5-14(17)2/h3-10,12,18H,11H2,1-2H3,(H,23,26)(H,24,27). The zero-order chi connectivity index (χ0) is 19.0. The first-order chi connectivity index (χ1) is 13.0. The fourth-order valence-electron chi connectivity index (χ4n) is 3.25. The van der Waals surface area contributed by atoms with Gasteiger partial charge in [0.2, 0.25) is 5.91 Å². The monoisotopic (exact) mass is 360 g/mol. The summed E-state index contributed by atoms with van der Waals surface area (Å²) in [5.74, 6) is 0.202. The molecule has 6 heteroatoms. The topological polar surface area (TPSA) is 76.0 Å². The van der Waals surface area contributed by atoms with E-state index >= 15 is 0 Å². The van der Waals surface area contributed by atoms with Gasteiger partial charge in [-0.25, -0.2) is 4.68 Å². The quantitative estimate of drug-likeness (QED) is 0.745. The molecule has 1 unspecified atom stereocenters. The summed E-state index contributed by atoms with van der Waals surface area (Å²) in [5, 5.41) is 10.1. The molecule has 0 radical (unpaired) electrons. The molecule has 1 aromatic heterocycles. The second-order valence-electron chi connectivity index (χ2n) is 6.79. The number of benzene rings is 2. The lowest BCUT2D eigenvalue weighted by molar-refractivity contribution is -0.123. The number of carbonyl (C=O) groups excluding carboxylic acids is 2. The second-order valence-corrected chi connectivity index (χ2v) is 6.79. The maximum Gasteiger partial charge on any atom is 0.251 e. The van der Waals surface area contributed by atoms with E-state index in [1.54, 1.807) is 10.9 Å². The minimum atomic E-state index is -0.650. The third-order valence-corrected chi connectivity index (χ3v) is 4.80. The first-order valence-electron chi connectivity index (χ1n) is 8.84. The number of fused-ring (bicyclic) bond motifs is 1. The van der Waals surface area contributed by atoms with Crippen molar-refractivity contribution in [3.8, 4) is 11.1 Å². The van der Waals surface area contributed by atoms with Crippen molar-refractivity contribution in [1.29, 1.82) is 0 Å². The van der Waals surface area contributed by atoms with E-state index in [2.05, 4.69) is 15.7 Å². The lowest BCUT2D eigenvalue weighted by atomic mass is 10.1. The van der Waals surface area contributed by atoms with Crippen molar-refractivity contribution in [3.63, 3.8) is 0 Å². The molecule has 2 N–H and O–H groups in total. The highest BCUT2D eigenvalue weighted by atomic mass is 16.2. The maximum atomic E-state index is 12.5. The van der Waals surface area contributed by atoms with E-state index < -0.39 is 6.04 Å². The molecular weight excluding hydrogens is 340 g/mol. The van der Waals surface area contributed by atoms with Crippen molar-refractivity contribution in [2.75, 3.05) is 10.6 Å². The Balaban J connectivity index is 1.55. The summed E-state index contributed by atoms with van der Waals surface area (Å²) < 4.78 is 1.61. The van der Waals surface area contributed by atoms with Crippen LogP contribution in [0.2, 0.25) is 0 Å². The number of carbonyl (C=O) groups is 2. The largest absolute Gasteiger partial charge is 0.326 e. The molecule has 1 aliphatic rings. The first-order valence-corrected chi connectivity index (χ1v) is 8.84. The first kappa shape index (κ1) is 17.0. The molecule has 0 bridgehead atoms. The van der Waals surface area contributed by atoms with Crippen LogP contribution in [0.5, 0.6) is 0 Å². The maximum absolute atomic E-state index is 12.5. The van der Waals surface area contributed by atoms with Crippen LogP contribution >= 0.6 is 0 Å². The summed E-state index contributed by atoms with van der Waals surface area (Å²) in [6, 6.07) is 14.9. The molecule has 0 saturated heterocycles. The highest BCUT2D eigenvalue weighted by molar-refractivity contribution is 6.04. The summed E-state index contributed by atoms with van der Waals surface area (Å²) >= 11 is 0. The van der Waals surface area contributed by atoms with Gasteiger partial charge in [0.25, 0.3) is 5.91 Å². The van der Waals surface area contributed by atoms with Gasteiger partial charge < -0.3 is 10.6 Å². The van der Waals surface area contributed by atoms with Crippen molar-refractivity contribution in [1.82, 2.24) is 9.78 Å². The molecule has 4 rings (SSSR count). The lowest BCUT2D eigenvalue weighted by Gasteiger charge is -2.11. The molecule has 1 aliphatic heterocycles. The Kier molecular flexibility index (Phi) is 4.24. The number of anilines is 2. The van der Waals surface area contributed by atoms with Crippen LogP contribution in [-0.4, -0.2) is 21.6 Å². The molecule has 6 nitrogen and oxygen atoms in total. The molecule has 0 aliphatic carbocycles. The molecule has 0 spiro atoms. The van der Waals surface area contributed by atoms with Crippen molar-refractivity contribution < 1.29 is 9.59 Å². The predicted octanol–water partition coefficient (Wildman–Crippen LogP) is 3.69. The van der Waals surface area contributed by atoms with Crippen LogP contribution < -0.4 is 10.6 Å². The highest BCUT2D eigenvalue weighted by Gasteiger charge is 2.35. The van der Waals surface area contributed by atoms with Gasteiger partial charge >= 0.3 is 0 Å². The summed E-state index contributed by atoms with van der Waals surface area (Å²) in [6.45, 7) is 3.95. The Bertz CT molecular complexity index is 1020. The Morgan fingerprint density at radius 3 is 2.63 bits per heavy atom. The van der Waals surface area contributed by atoms with Gasteiger partial charge in [-0.1, -0.05) is 48.0 Å². The van der Waals surface area contributed by atoms with E-state index in [9.17, 15) is 9.59 Å². The zero-order valence-corrected chi connectivity index (χ0v) is 15.2. The Hall–Kier alpha value is -3.41. The predicted molar refractivity (Wildman–Crippen MR) is 104 cm³/mol. The average Bonchev–Trinajstić information content (AvgIpc) is 3.18. The number of amides is 2. The fourth-order valence-corrected chi connectivity index (χ4v) is 3.25. The number of nitrogens with zero attached hydrogens (tertiary/aromatic N) is 2. The van der Waals surface area contributed by atoms with Gasteiger partial charge in [-0.3, -0.25) is 9.59 Å². The zero-order valence-electron chi connectivity index (χ0n) is 15.2. The number of nitrogens with one attached hydrogen (secondary N) is 2. The van der Waals surface area contributed by atoms with Gasteiger partial charge in [0, 0.05) is 11.3 Å². The normalized spacial score (nSPS) is 15.3. The van der Waals surface area contributed by atoms with E-state index in [4.69, 9.17) is 0 Å². The molecule has 2 amide bonds. The van der Waals surface area contributed by atoms with Crippen LogP contribution in [0, 0.1) is 13.8 Å². The van der Waals surface area contributed by atoms with Crippen molar-refractivity contribution in [2.45, 2.75) is 26.3 Å². The van der Waals surface area contributed by atoms with Crippen LogP contribution in [0.25, 0.3) is 11.1 Å². The Morgan fingerprint density at radius 2 is 1.89 bits per heavy atom. The number of rotatable bonds is 4. The molecule has 0 saturated carbocycles. The van der Waals surface area contributed by atoms with Gasteiger partial charge in [-0.2, -0.15) is 5.10 Å². The molecule has 0 fully saturated rings. The average molecular weight is 360 g/mol. The van der Waals surface area contributed by atoms with Crippen LogP contribution in [0.1, 0.15) is 23.6 Å². The molecular formula is C21H20N4O2. The van der Waals surface area contributed by atoms with Gasteiger partial charge in [0.1, 0.15) is 11.9 Å². The van der Waals surface area contributed by atoms with Gasteiger partial charge in [-0.05, 0) is 31.0 Å². The van der Waals surface area contributed by atoms with Crippen LogP contribution in [-0.2, 0) is 9.59 Å². The van der Waals surface area contributed by atoms with Crippen LogP contribution in [0.15, 0.2) is 54.7 Å². The summed E-state index contributed by atoms with van der Waals surface area (Å²) in [5.41, 5.74) is 4.72. The van der Waals surface area contributed by atoms with Crippen molar-refractivity contribution in [2.24, 2.45) is 0 Å². The summed E-state index contributed by atoms with van der Waals surface area (Å²) in [7, 11) is 0. The Morgan fingerprint density at radius 1 is 1.15 bits per heavy atom. The number of hydrogen-bond acceptors (Lipinski definition) is 3. The Labute approximate surface area is 157 Å². The smallest absolute Gasteiger partial charge is 0.251 e.